The van der Waals surface area contributed by atoms with Crippen LogP contribution in [0.25, 0.3) is 0 Å². The van der Waals surface area contributed by atoms with Gasteiger partial charge in [0.2, 0.25) is 0 Å². The SMILES string of the molecule is C/C=C(\CCOc1ccc(CCC=O)c2c1CCN(Sc1ccc(Sc3ccccc3)s1)C2)NC(=O)c1ccccc1.CO. The van der Waals surface area contributed by atoms with Gasteiger partial charge in [-0.3, -0.25) is 4.79 Å². The number of hydrogen-bond donors (Lipinski definition) is 2. The molecule has 0 spiro atoms. The van der Waals surface area contributed by atoms with Gasteiger partial charge in [0.25, 0.3) is 5.91 Å². The number of rotatable bonds is 13. The number of thiophene rings is 1. The summed E-state index contributed by atoms with van der Waals surface area (Å²) in [7, 11) is 1.00. The normalized spacial score (nSPS) is 12.9. The summed E-state index contributed by atoms with van der Waals surface area (Å²) in [5.41, 5.74) is 5.19. The Labute approximate surface area is 272 Å². The van der Waals surface area contributed by atoms with Crippen LogP contribution < -0.4 is 10.1 Å². The van der Waals surface area contributed by atoms with Crippen molar-refractivity contribution in [3.8, 4) is 5.75 Å². The summed E-state index contributed by atoms with van der Waals surface area (Å²) in [6.45, 7) is 4.10. The van der Waals surface area contributed by atoms with E-state index >= 15 is 0 Å². The Balaban J connectivity index is 0.00000216. The quantitative estimate of drug-likeness (QED) is 0.113. The summed E-state index contributed by atoms with van der Waals surface area (Å²) < 4.78 is 11.3. The molecule has 2 heterocycles. The van der Waals surface area contributed by atoms with Gasteiger partial charge in [0.15, 0.2) is 0 Å². The monoisotopic (exact) mass is 646 g/mol. The van der Waals surface area contributed by atoms with Crippen LogP contribution in [0.4, 0.5) is 0 Å². The van der Waals surface area contributed by atoms with Gasteiger partial charge in [-0.25, -0.2) is 4.31 Å². The minimum atomic E-state index is -0.116. The highest BCUT2D eigenvalue weighted by Crippen LogP contribution is 2.41. The molecule has 2 N–H and O–H groups in total. The zero-order valence-electron chi connectivity index (χ0n) is 25.0. The van der Waals surface area contributed by atoms with Crippen molar-refractivity contribution in [3.63, 3.8) is 0 Å². The second-order valence-electron chi connectivity index (χ2n) is 9.81. The number of nitrogens with one attached hydrogen (secondary N) is 1. The van der Waals surface area contributed by atoms with Crippen molar-refractivity contribution in [2.75, 3.05) is 20.3 Å². The second-order valence-corrected chi connectivity index (χ2v) is 13.7. The Morgan fingerprint density at radius 1 is 0.977 bits per heavy atom. The fourth-order valence-corrected chi connectivity index (χ4v) is 8.35. The number of allylic oxidation sites excluding steroid dienone is 1. The molecule has 9 heteroatoms. The van der Waals surface area contributed by atoms with Crippen molar-refractivity contribution in [2.45, 2.75) is 52.5 Å². The van der Waals surface area contributed by atoms with E-state index in [2.05, 4.69) is 52.1 Å². The minimum absolute atomic E-state index is 0.116. The Kier molecular flexibility index (Phi) is 13.6. The van der Waals surface area contributed by atoms with E-state index in [1.54, 1.807) is 35.8 Å². The highest BCUT2D eigenvalue weighted by atomic mass is 32.2. The van der Waals surface area contributed by atoms with Crippen LogP contribution in [0, 0.1) is 0 Å². The predicted octanol–water partition coefficient (Wildman–Crippen LogP) is 7.81. The standard InChI is InChI=1S/C34H34N2O3S3.CH4O/c1-2-27(35-34(38)26-10-5-3-6-11-26)20-23-39-31-16-15-25(12-9-22-37)30-24-36(21-19-29(30)31)42-33-18-17-32(41-33)40-28-13-7-4-8-14-28;1-2/h2-8,10-11,13-18,22H,9,12,19-21,23-24H2,1H3,(H,35,38);2H,1H3/b27-2+;. The topological polar surface area (TPSA) is 78.9 Å². The van der Waals surface area contributed by atoms with Crippen molar-refractivity contribution in [3.05, 3.63) is 119 Å². The molecule has 44 heavy (non-hydrogen) atoms. The molecule has 0 aliphatic carbocycles. The zero-order valence-corrected chi connectivity index (χ0v) is 27.5. The summed E-state index contributed by atoms with van der Waals surface area (Å²) in [4.78, 5) is 25.0. The Morgan fingerprint density at radius 3 is 2.43 bits per heavy atom. The van der Waals surface area contributed by atoms with E-state index in [0.29, 0.717) is 25.0 Å². The summed E-state index contributed by atoms with van der Waals surface area (Å²) >= 11 is 5.42. The number of hydrogen-bond acceptors (Lipinski definition) is 8. The van der Waals surface area contributed by atoms with Gasteiger partial charge in [0.05, 0.1) is 15.0 Å². The van der Waals surface area contributed by atoms with Crippen LogP contribution in [0.5, 0.6) is 5.75 Å². The number of benzene rings is 3. The lowest BCUT2D eigenvalue weighted by molar-refractivity contribution is -0.107. The molecule has 0 bridgehead atoms. The number of ether oxygens (including phenoxy) is 1. The van der Waals surface area contributed by atoms with E-state index in [4.69, 9.17) is 9.84 Å². The van der Waals surface area contributed by atoms with Crippen LogP contribution in [-0.2, 0) is 24.2 Å². The van der Waals surface area contributed by atoms with Gasteiger partial charge in [-0.1, -0.05) is 60.3 Å². The number of aryl methyl sites for hydroxylation is 1. The van der Waals surface area contributed by atoms with Crippen LogP contribution in [0.2, 0.25) is 0 Å². The average Bonchev–Trinajstić information content (AvgIpc) is 3.51. The van der Waals surface area contributed by atoms with Gasteiger partial charge in [0.1, 0.15) is 12.0 Å². The molecule has 1 amide bonds. The second kappa shape index (κ2) is 17.8. The highest BCUT2D eigenvalue weighted by Gasteiger charge is 2.24. The lowest BCUT2D eigenvalue weighted by Gasteiger charge is -2.30. The maximum absolute atomic E-state index is 12.6. The van der Waals surface area contributed by atoms with Gasteiger partial charge in [-0.2, -0.15) is 0 Å². The third kappa shape index (κ3) is 9.58. The predicted molar refractivity (Wildman–Crippen MR) is 182 cm³/mol. The third-order valence-corrected chi connectivity index (χ3v) is 10.4. The fraction of sp³-hybridized carbons (Fsp3) is 0.257. The van der Waals surface area contributed by atoms with Crippen LogP contribution in [0.1, 0.15) is 46.8 Å². The summed E-state index contributed by atoms with van der Waals surface area (Å²) in [5.74, 6) is 0.779. The van der Waals surface area contributed by atoms with Gasteiger partial charge < -0.3 is 20.0 Å². The lowest BCUT2D eigenvalue weighted by atomic mass is 9.92. The first-order chi connectivity index (χ1) is 21.6. The van der Waals surface area contributed by atoms with Crippen LogP contribution in [0.3, 0.4) is 0 Å². The largest absolute Gasteiger partial charge is 0.493 e. The van der Waals surface area contributed by atoms with E-state index in [-0.39, 0.29) is 5.91 Å². The van der Waals surface area contributed by atoms with Crippen molar-refractivity contribution in [1.82, 2.24) is 9.62 Å². The first-order valence-electron chi connectivity index (χ1n) is 14.5. The molecule has 0 saturated heterocycles. The summed E-state index contributed by atoms with van der Waals surface area (Å²) in [6, 6.07) is 28.2. The van der Waals surface area contributed by atoms with Crippen LogP contribution in [0.15, 0.2) is 110 Å². The van der Waals surface area contributed by atoms with Crippen LogP contribution >= 0.6 is 35.0 Å². The average molecular weight is 647 g/mol. The molecular weight excluding hydrogens is 609 g/mol. The molecule has 0 radical (unpaired) electrons. The molecule has 1 aromatic heterocycles. The van der Waals surface area contributed by atoms with Gasteiger partial charge in [0, 0.05) is 54.8 Å². The number of amides is 1. The number of fused-ring (bicyclic) bond motifs is 1. The molecule has 5 rings (SSSR count). The molecule has 1 aliphatic heterocycles. The molecule has 1 aliphatic rings. The number of aliphatic hydroxyl groups is 1. The van der Waals surface area contributed by atoms with Crippen molar-refractivity contribution >= 4 is 47.2 Å². The first kappa shape index (κ1) is 33.6. The molecule has 4 aromatic rings. The fourth-order valence-electron chi connectivity index (χ4n) is 4.84. The van der Waals surface area contributed by atoms with Crippen molar-refractivity contribution in [2.24, 2.45) is 0 Å². The Bertz CT molecular complexity index is 1520. The van der Waals surface area contributed by atoms with E-state index < -0.39 is 0 Å². The summed E-state index contributed by atoms with van der Waals surface area (Å²) in [6.07, 6.45) is 5.63. The molecule has 230 valence electrons. The number of aliphatic hydroxyl groups excluding tert-OH is 1. The van der Waals surface area contributed by atoms with E-state index in [1.165, 1.54) is 30.0 Å². The zero-order chi connectivity index (χ0) is 31.1. The molecular formula is C35H38N2O4S3. The molecule has 0 unspecified atom stereocenters. The molecule has 0 atom stereocenters. The smallest absolute Gasteiger partial charge is 0.255 e. The van der Waals surface area contributed by atoms with Crippen molar-refractivity contribution < 1.29 is 19.4 Å². The molecule has 6 nitrogen and oxygen atoms in total. The molecule has 0 saturated carbocycles. The number of aldehydes is 1. The Hall–Kier alpha value is -3.34. The maximum atomic E-state index is 12.6. The summed E-state index contributed by atoms with van der Waals surface area (Å²) in [5, 5.41) is 10.0. The van der Waals surface area contributed by atoms with E-state index in [0.717, 1.165) is 50.8 Å². The van der Waals surface area contributed by atoms with Crippen LogP contribution in [-0.4, -0.2) is 41.9 Å². The molecule has 3 aromatic carbocycles. The number of carbonyl (C=O) groups is 2. The maximum Gasteiger partial charge on any atom is 0.255 e. The highest BCUT2D eigenvalue weighted by molar-refractivity contribution is 8.02. The van der Waals surface area contributed by atoms with Gasteiger partial charge in [-0.15, -0.1) is 11.3 Å². The number of nitrogens with zero attached hydrogens (tertiary/aromatic N) is 1. The first-order valence-corrected chi connectivity index (χ1v) is 17.0. The van der Waals surface area contributed by atoms with E-state index in [1.807, 2.05) is 54.7 Å². The lowest BCUT2D eigenvalue weighted by Crippen LogP contribution is -2.26. The number of carbonyl (C=O) groups excluding carboxylic acids is 2. The Morgan fingerprint density at radius 2 is 1.70 bits per heavy atom. The third-order valence-electron chi connectivity index (χ3n) is 6.99. The van der Waals surface area contributed by atoms with Crippen molar-refractivity contribution in [1.29, 1.82) is 0 Å². The van der Waals surface area contributed by atoms with E-state index in [9.17, 15) is 9.59 Å². The van der Waals surface area contributed by atoms with Gasteiger partial charge in [-0.05, 0) is 85.3 Å². The minimum Gasteiger partial charge on any atom is -0.493 e. The molecule has 0 fully saturated rings. The van der Waals surface area contributed by atoms with Gasteiger partial charge >= 0.3 is 0 Å².